The van der Waals surface area contributed by atoms with Gasteiger partial charge in [-0.1, -0.05) is 72.8 Å². The number of carbonyl (C=O) groups is 2. The minimum atomic E-state index is -3.58. The van der Waals surface area contributed by atoms with Gasteiger partial charge in [-0.3, -0.25) is 4.79 Å². The van der Waals surface area contributed by atoms with Gasteiger partial charge >= 0.3 is 5.97 Å². The predicted molar refractivity (Wildman–Crippen MR) is 180 cm³/mol. The number of hydrogen-bond donors (Lipinski definition) is 2. The summed E-state index contributed by atoms with van der Waals surface area (Å²) in [4.78, 5) is 31.5. The van der Waals surface area contributed by atoms with Gasteiger partial charge in [-0.15, -0.1) is 0 Å². The average Bonchev–Trinajstić information content (AvgIpc) is 3.06. The highest BCUT2D eigenvalue weighted by molar-refractivity contribution is 7.89. The van der Waals surface area contributed by atoms with Crippen molar-refractivity contribution in [3.63, 3.8) is 0 Å². The molecule has 9 nitrogen and oxygen atoms in total. The highest BCUT2D eigenvalue weighted by Crippen LogP contribution is 2.32. The van der Waals surface area contributed by atoms with E-state index in [0.29, 0.717) is 35.5 Å². The summed E-state index contributed by atoms with van der Waals surface area (Å²) in [5.41, 5.74) is 1.17. The van der Waals surface area contributed by atoms with Crippen LogP contribution in [0.4, 0.5) is 5.82 Å². The number of amides is 1. The number of nitrogens with zero attached hydrogens (tertiary/aromatic N) is 3. The molecule has 2 aliphatic rings. The molecule has 2 N–H and O–H groups in total. The van der Waals surface area contributed by atoms with Crippen LogP contribution >= 0.6 is 23.2 Å². The molecule has 0 spiro atoms. The minimum absolute atomic E-state index is 0.187. The molecule has 0 aliphatic carbocycles. The van der Waals surface area contributed by atoms with Crippen LogP contribution in [0.2, 0.25) is 10.0 Å². The molecule has 3 aromatic rings. The van der Waals surface area contributed by atoms with Crippen LogP contribution in [0.15, 0.2) is 71.8 Å². The van der Waals surface area contributed by atoms with Crippen LogP contribution in [0, 0.1) is 11.8 Å². The fraction of sp³-hybridized carbons (Fsp3) is 0.441. The third-order valence-electron chi connectivity index (χ3n) is 9.16. The Morgan fingerprint density at radius 1 is 0.891 bits per heavy atom. The first-order chi connectivity index (χ1) is 22.1. The van der Waals surface area contributed by atoms with Crippen molar-refractivity contribution in [2.75, 3.05) is 31.1 Å². The molecule has 2 aromatic carbocycles. The maximum Gasteiger partial charge on any atom is 0.326 e. The monoisotopic (exact) mass is 686 g/mol. The van der Waals surface area contributed by atoms with Crippen molar-refractivity contribution in [1.29, 1.82) is 0 Å². The number of aromatic nitrogens is 1. The average molecular weight is 688 g/mol. The minimum Gasteiger partial charge on any atom is -0.480 e. The number of hydrogen-bond acceptors (Lipinski definition) is 6. The van der Waals surface area contributed by atoms with Crippen molar-refractivity contribution in [2.45, 2.75) is 62.3 Å². The molecular weight excluding hydrogens is 647 g/mol. The number of piperidine rings is 2. The molecule has 1 aromatic heterocycles. The van der Waals surface area contributed by atoms with E-state index in [1.165, 1.54) is 24.4 Å². The van der Waals surface area contributed by atoms with E-state index in [0.717, 1.165) is 69.4 Å². The first-order valence-electron chi connectivity index (χ1n) is 15.8. The Bertz CT molecular complexity index is 1590. The Morgan fingerprint density at radius 3 is 2.13 bits per heavy atom. The smallest absolute Gasteiger partial charge is 0.326 e. The number of anilines is 1. The second kappa shape index (κ2) is 15.6. The van der Waals surface area contributed by atoms with E-state index < -0.39 is 27.9 Å². The molecule has 1 atom stereocenters. The van der Waals surface area contributed by atoms with Crippen molar-refractivity contribution < 1.29 is 23.1 Å². The van der Waals surface area contributed by atoms with Crippen molar-refractivity contribution in [3.05, 3.63) is 88.0 Å². The third kappa shape index (κ3) is 8.79. The van der Waals surface area contributed by atoms with E-state index in [1.807, 2.05) is 36.4 Å². The second-order valence-electron chi connectivity index (χ2n) is 12.2. The van der Waals surface area contributed by atoms with Gasteiger partial charge in [0.05, 0.1) is 20.5 Å². The lowest BCUT2D eigenvalue weighted by Gasteiger charge is -2.34. The van der Waals surface area contributed by atoms with Crippen LogP contribution in [0.3, 0.4) is 0 Å². The number of carbonyl (C=O) groups excluding carboxylic acids is 1. The zero-order valence-electron chi connectivity index (χ0n) is 25.7. The van der Waals surface area contributed by atoms with Crippen LogP contribution in [-0.2, 0) is 21.2 Å². The highest BCUT2D eigenvalue weighted by atomic mass is 35.5. The van der Waals surface area contributed by atoms with Gasteiger partial charge < -0.3 is 15.3 Å². The summed E-state index contributed by atoms with van der Waals surface area (Å²) in [7, 11) is -3.58. The van der Waals surface area contributed by atoms with Crippen molar-refractivity contribution in [3.8, 4) is 0 Å². The predicted octanol–water partition coefficient (Wildman–Crippen LogP) is 6.30. The van der Waals surface area contributed by atoms with Crippen molar-refractivity contribution >= 4 is 50.9 Å². The number of carboxylic acids is 1. The first-order valence-corrected chi connectivity index (χ1v) is 18.0. The maximum absolute atomic E-state index is 13.0. The van der Waals surface area contributed by atoms with Gasteiger partial charge in [-0.2, -0.15) is 4.31 Å². The van der Waals surface area contributed by atoms with Gasteiger partial charge in [-0.05, 0) is 73.4 Å². The zero-order chi connectivity index (χ0) is 32.7. The van der Waals surface area contributed by atoms with E-state index in [4.69, 9.17) is 23.2 Å². The summed E-state index contributed by atoms with van der Waals surface area (Å²) in [5, 5.41) is 12.8. The Hall–Kier alpha value is -3.18. The Morgan fingerprint density at radius 2 is 1.54 bits per heavy atom. The largest absolute Gasteiger partial charge is 0.480 e. The van der Waals surface area contributed by atoms with Gasteiger partial charge in [0.25, 0.3) is 5.91 Å². The van der Waals surface area contributed by atoms with Gasteiger partial charge in [0, 0.05) is 38.8 Å². The van der Waals surface area contributed by atoms with Crippen molar-refractivity contribution in [2.24, 2.45) is 11.8 Å². The summed E-state index contributed by atoms with van der Waals surface area (Å²) in [5.74, 6) is 0.455. The van der Waals surface area contributed by atoms with Gasteiger partial charge in [0.2, 0.25) is 10.0 Å². The lowest BCUT2D eigenvalue weighted by molar-refractivity contribution is -0.139. The maximum atomic E-state index is 13.0. The summed E-state index contributed by atoms with van der Waals surface area (Å²) >= 11 is 12.0. The van der Waals surface area contributed by atoms with Gasteiger partial charge in [-0.25, -0.2) is 18.2 Å². The number of halogens is 2. The molecule has 0 radical (unpaired) electrons. The molecule has 3 heterocycles. The number of benzene rings is 2. The van der Waals surface area contributed by atoms with E-state index in [1.54, 1.807) is 10.4 Å². The summed E-state index contributed by atoms with van der Waals surface area (Å²) in [6.07, 6.45) is 9.00. The topological polar surface area (TPSA) is 120 Å². The van der Waals surface area contributed by atoms with Crippen molar-refractivity contribution in [1.82, 2.24) is 14.6 Å². The fourth-order valence-corrected chi connectivity index (χ4v) is 8.23. The van der Waals surface area contributed by atoms with Gasteiger partial charge in [0.1, 0.15) is 11.9 Å². The van der Waals surface area contributed by atoms with E-state index in [-0.39, 0.29) is 16.3 Å². The van der Waals surface area contributed by atoms with Gasteiger partial charge in [0.15, 0.2) is 0 Å². The Kier molecular flexibility index (Phi) is 11.6. The lowest BCUT2D eigenvalue weighted by Crippen LogP contribution is -2.42. The van der Waals surface area contributed by atoms with E-state index >= 15 is 0 Å². The molecule has 1 amide bonds. The van der Waals surface area contributed by atoms with Crippen LogP contribution < -0.4 is 10.2 Å². The van der Waals surface area contributed by atoms with Crippen LogP contribution in [0.25, 0.3) is 0 Å². The zero-order valence-corrected chi connectivity index (χ0v) is 28.0. The SMILES string of the molecule is O=C(NC(Cc1ccccc1)C(=O)O)c1ccc(N2CCC(CCCC3CCN(S(=O)(=O)c4ccc(Cl)c(Cl)c4)CC3)CC2)nc1. The summed E-state index contributed by atoms with van der Waals surface area (Å²) in [6.45, 7) is 2.83. The molecule has 2 saturated heterocycles. The molecule has 0 saturated carbocycles. The molecule has 2 aliphatic heterocycles. The Balaban J connectivity index is 1.01. The number of carboxylic acid groups (broad SMARTS) is 1. The number of sulfonamides is 1. The molecular formula is C34H40Cl2N4O5S. The molecule has 46 heavy (non-hydrogen) atoms. The second-order valence-corrected chi connectivity index (χ2v) is 15.0. The summed E-state index contributed by atoms with van der Waals surface area (Å²) < 4.78 is 27.7. The summed E-state index contributed by atoms with van der Waals surface area (Å²) in [6, 6.07) is 16.2. The normalized spacial score (nSPS) is 17.5. The van der Waals surface area contributed by atoms with Crippen LogP contribution in [0.5, 0.6) is 0 Å². The third-order valence-corrected chi connectivity index (χ3v) is 11.8. The Labute approximate surface area is 281 Å². The molecule has 1 unspecified atom stereocenters. The molecule has 5 rings (SSSR count). The van der Waals surface area contributed by atoms with Crippen LogP contribution in [-0.4, -0.2) is 66.9 Å². The first kappa shape index (κ1) is 34.2. The molecule has 12 heteroatoms. The van der Waals surface area contributed by atoms with E-state index in [2.05, 4.69) is 15.2 Å². The fourth-order valence-electron chi connectivity index (χ4n) is 6.37. The quantitative estimate of drug-likeness (QED) is 0.229. The molecule has 0 bridgehead atoms. The number of pyridine rings is 1. The molecule has 2 fully saturated rings. The molecule has 246 valence electrons. The van der Waals surface area contributed by atoms with E-state index in [9.17, 15) is 23.1 Å². The lowest BCUT2D eigenvalue weighted by atomic mass is 9.87. The van der Waals surface area contributed by atoms with Crippen LogP contribution in [0.1, 0.15) is 60.9 Å². The highest BCUT2D eigenvalue weighted by Gasteiger charge is 2.30. The number of aliphatic carboxylic acids is 1. The standard InChI is InChI=1S/C34H40Cl2N4O5S/c35-29-11-10-28(22-30(29)36)46(44,45)40-19-15-25(16-20-40)8-4-7-24-13-17-39(18-14-24)32-12-9-27(23-37-32)33(41)38-31(34(42)43)21-26-5-2-1-3-6-26/h1-3,5-6,9-12,22-25,31H,4,7-8,13-21H2,(H,38,41)(H,42,43). The number of nitrogens with one attached hydrogen (secondary N) is 1. The number of rotatable bonds is 12.